The van der Waals surface area contributed by atoms with Crippen LogP contribution in [0.15, 0.2) is 24.3 Å². The van der Waals surface area contributed by atoms with E-state index in [0.29, 0.717) is 6.04 Å². The molecule has 0 saturated heterocycles. The van der Waals surface area contributed by atoms with Crippen molar-refractivity contribution in [1.82, 2.24) is 5.32 Å². The molecule has 0 aliphatic heterocycles. The van der Waals surface area contributed by atoms with Gasteiger partial charge in [0.15, 0.2) is 0 Å². The molecule has 1 aromatic rings. The first-order valence-electron chi connectivity index (χ1n) is 6.75. The smallest absolute Gasteiger partial charge is 0.0623 e. The van der Waals surface area contributed by atoms with Crippen LogP contribution in [0.5, 0.6) is 0 Å². The maximum atomic E-state index is 5.47. The van der Waals surface area contributed by atoms with Gasteiger partial charge in [0, 0.05) is 13.2 Å². The topological polar surface area (TPSA) is 21.3 Å². The van der Waals surface area contributed by atoms with E-state index in [1.165, 1.54) is 11.1 Å². The van der Waals surface area contributed by atoms with E-state index in [4.69, 9.17) is 4.74 Å². The molecule has 0 saturated carbocycles. The Morgan fingerprint density at radius 2 is 2.06 bits per heavy atom. The molecule has 0 fully saturated rings. The van der Waals surface area contributed by atoms with Gasteiger partial charge >= 0.3 is 0 Å². The van der Waals surface area contributed by atoms with E-state index in [0.717, 1.165) is 19.3 Å². The highest BCUT2D eigenvalue weighted by molar-refractivity contribution is 5.22. The zero-order valence-electron chi connectivity index (χ0n) is 12.4. The SMILES string of the molecule is CNC(CCC(C)(C)OC)Cc1cccc(C)c1. The Bertz CT molecular complexity index is 360. The van der Waals surface area contributed by atoms with E-state index in [9.17, 15) is 0 Å². The van der Waals surface area contributed by atoms with Gasteiger partial charge in [0.25, 0.3) is 0 Å². The van der Waals surface area contributed by atoms with Crippen molar-refractivity contribution in [2.24, 2.45) is 0 Å². The normalized spacial score (nSPS) is 13.6. The predicted octanol–water partition coefficient (Wildman–Crippen LogP) is 3.33. The first-order chi connectivity index (χ1) is 8.46. The van der Waals surface area contributed by atoms with Gasteiger partial charge in [0.05, 0.1) is 5.60 Å². The Hall–Kier alpha value is -0.860. The van der Waals surface area contributed by atoms with E-state index in [1.54, 1.807) is 7.11 Å². The molecule has 0 bridgehead atoms. The molecular weight excluding hydrogens is 222 g/mol. The van der Waals surface area contributed by atoms with Crippen LogP contribution >= 0.6 is 0 Å². The summed E-state index contributed by atoms with van der Waals surface area (Å²) in [5, 5.41) is 3.41. The lowest BCUT2D eigenvalue weighted by Crippen LogP contribution is -2.32. The molecule has 1 aromatic carbocycles. The highest BCUT2D eigenvalue weighted by Crippen LogP contribution is 2.18. The second-order valence-corrected chi connectivity index (χ2v) is 5.68. The van der Waals surface area contributed by atoms with Crippen molar-refractivity contribution < 1.29 is 4.74 Å². The molecule has 0 amide bonds. The lowest BCUT2D eigenvalue weighted by molar-refractivity contribution is 0.0119. The minimum atomic E-state index is -0.0261. The van der Waals surface area contributed by atoms with Crippen LogP contribution in [-0.2, 0) is 11.2 Å². The van der Waals surface area contributed by atoms with Crippen LogP contribution in [0.2, 0.25) is 0 Å². The van der Waals surface area contributed by atoms with Crippen LogP contribution in [-0.4, -0.2) is 25.8 Å². The van der Waals surface area contributed by atoms with E-state index in [-0.39, 0.29) is 5.60 Å². The highest BCUT2D eigenvalue weighted by atomic mass is 16.5. The van der Waals surface area contributed by atoms with Crippen LogP contribution in [0.25, 0.3) is 0 Å². The van der Waals surface area contributed by atoms with Gasteiger partial charge in [-0.1, -0.05) is 29.8 Å². The fraction of sp³-hybridized carbons (Fsp3) is 0.625. The molecule has 2 nitrogen and oxygen atoms in total. The Kier molecular flexibility index (Phi) is 5.83. The number of hydrogen-bond acceptors (Lipinski definition) is 2. The van der Waals surface area contributed by atoms with E-state index in [1.807, 2.05) is 7.05 Å². The molecule has 0 radical (unpaired) electrons. The van der Waals surface area contributed by atoms with E-state index in [2.05, 4.69) is 50.4 Å². The van der Waals surface area contributed by atoms with Gasteiger partial charge in [-0.05, 0) is 52.6 Å². The number of nitrogens with one attached hydrogen (secondary N) is 1. The Morgan fingerprint density at radius 3 is 2.61 bits per heavy atom. The van der Waals surface area contributed by atoms with Crippen LogP contribution in [0.1, 0.15) is 37.8 Å². The van der Waals surface area contributed by atoms with Gasteiger partial charge in [-0.15, -0.1) is 0 Å². The third-order valence-electron chi connectivity index (χ3n) is 3.62. The summed E-state index contributed by atoms with van der Waals surface area (Å²) in [7, 11) is 3.83. The Morgan fingerprint density at radius 1 is 1.33 bits per heavy atom. The summed E-state index contributed by atoms with van der Waals surface area (Å²) in [5.41, 5.74) is 2.71. The van der Waals surface area contributed by atoms with Crippen LogP contribution in [0, 0.1) is 6.92 Å². The minimum Gasteiger partial charge on any atom is -0.379 e. The third kappa shape index (κ3) is 5.19. The lowest BCUT2D eigenvalue weighted by atomic mass is 9.95. The van der Waals surface area contributed by atoms with Gasteiger partial charge in [-0.25, -0.2) is 0 Å². The van der Waals surface area contributed by atoms with Crippen molar-refractivity contribution in [3.8, 4) is 0 Å². The fourth-order valence-electron chi connectivity index (χ4n) is 2.10. The first-order valence-corrected chi connectivity index (χ1v) is 6.75. The van der Waals surface area contributed by atoms with Gasteiger partial charge < -0.3 is 10.1 Å². The molecule has 0 spiro atoms. The van der Waals surface area contributed by atoms with E-state index < -0.39 is 0 Å². The summed E-state index contributed by atoms with van der Waals surface area (Å²) >= 11 is 0. The van der Waals surface area contributed by atoms with Crippen LogP contribution in [0.4, 0.5) is 0 Å². The average Bonchev–Trinajstić information content (AvgIpc) is 2.34. The summed E-state index contributed by atoms with van der Waals surface area (Å²) in [6.45, 7) is 6.44. The second-order valence-electron chi connectivity index (χ2n) is 5.68. The van der Waals surface area contributed by atoms with Gasteiger partial charge in [0.1, 0.15) is 0 Å². The molecule has 0 aliphatic carbocycles. The molecule has 1 atom stereocenters. The summed E-state index contributed by atoms with van der Waals surface area (Å²) in [4.78, 5) is 0. The van der Waals surface area contributed by atoms with Crippen molar-refractivity contribution in [2.45, 2.75) is 51.7 Å². The van der Waals surface area contributed by atoms with Crippen molar-refractivity contribution >= 4 is 0 Å². The zero-order chi connectivity index (χ0) is 13.6. The second kappa shape index (κ2) is 6.91. The molecule has 2 heteroatoms. The van der Waals surface area contributed by atoms with Gasteiger partial charge in [0.2, 0.25) is 0 Å². The largest absolute Gasteiger partial charge is 0.379 e. The third-order valence-corrected chi connectivity index (χ3v) is 3.62. The summed E-state index contributed by atoms with van der Waals surface area (Å²) in [5.74, 6) is 0. The van der Waals surface area contributed by atoms with Crippen LogP contribution in [0.3, 0.4) is 0 Å². The first kappa shape index (κ1) is 15.2. The minimum absolute atomic E-state index is 0.0261. The van der Waals surface area contributed by atoms with Crippen molar-refractivity contribution in [1.29, 1.82) is 0 Å². The molecule has 1 N–H and O–H groups in total. The van der Waals surface area contributed by atoms with Crippen LogP contribution < -0.4 is 5.32 Å². The number of aryl methyl sites for hydroxylation is 1. The Balaban J connectivity index is 2.52. The predicted molar refractivity (Wildman–Crippen MR) is 78.1 cm³/mol. The number of ether oxygens (including phenoxy) is 1. The standard InChI is InChI=1S/C16H27NO/c1-13-7-6-8-14(11-13)12-15(17-4)9-10-16(2,3)18-5/h6-8,11,15,17H,9-10,12H2,1-5H3. The molecule has 1 rings (SSSR count). The maximum Gasteiger partial charge on any atom is 0.0623 e. The molecule has 1 unspecified atom stereocenters. The molecule has 102 valence electrons. The van der Waals surface area contributed by atoms with Gasteiger partial charge in [-0.3, -0.25) is 0 Å². The lowest BCUT2D eigenvalue weighted by Gasteiger charge is -2.26. The van der Waals surface area contributed by atoms with Crippen molar-refractivity contribution in [3.63, 3.8) is 0 Å². The fourth-order valence-corrected chi connectivity index (χ4v) is 2.10. The van der Waals surface area contributed by atoms with Gasteiger partial charge in [-0.2, -0.15) is 0 Å². The molecule has 0 heterocycles. The number of rotatable bonds is 7. The highest BCUT2D eigenvalue weighted by Gasteiger charge is 2.18. The quantitative estimate of drug-likeness (QED) is 0.800. The maximum absolute atomic E-state index is 5.47. The Labute approximate surface area is 112 Å². The number of methoxy groups -OCH3 is 1. The zero-order valence-corrected chi connectivity index (χ0v) is 12.4. The van der Waals surface area contributed by atoms with Crippen molar-refractivity contribution in [3.05, 3.63) is 35.4 Å². The molecule has 18 heavy (non-hydrogen) atoms. The summed E-state index contributed by atoms with van der Waals surface area (Å²) < 4.78 is 5.47. The summed E-state index contributed by atoms with van der Waals surface area (Å²) in [6, 6.07) is 9.27. The average molecular weight is 249 g/mol. The monoisotopic (exact) mass is 249 g/mol. The summed E-state index contributed by atoms with van der Waals surface area (Å²) in [6.07, 6.45) is 3.28. The number of likely N-dealkylation sites (N-methyl/N-ethyl adjacent to an activating group) is 1. The molecular formula is C16H27NO. The number of hydrogen-bond donors (Lipinski definition) is 1. The number of benzene rings is 1. The molecule has 0 aliphatic rings. The van der Waals surface area contributed by atoms with Crippen molar-refractivity contribution in [2.75, 3.05) is 14.2 Å². The molecule has 0 aromatic heterocycles. The van der Waals surface area contributed by atoms with E-state index >= 15 is 0 Å².